The van der Waals surface area contributed by atoms with E-state index < -0.39 is 0 Å². The van der Waals surface area contributed by atoms with Gasteiger partial charge in [-0.25, -0.2) is 0 Å². The van der Waals surface area contributed by atoms with Gasteiger partial charge in [-0.05, 0) is 34.1 Å². The Labute approximate surface area is 162 Å². The highest BCUT2D eigenvalue weighted by molar-refractivity contribution is 5.30. The first-order valence-electron chi connectivity index (χ1n) is 10.1. The van der Waals surface area contributed by atoms with Crippen molar-refractivity contribution in [1.82, 2.24) is 0 Å². The third-order valence-corrected chi connectivity index (χ3v) is 5.55. The maximum absolute atomic E-state index is 6.62. The van der Waals surface area contributed by atoms with Gasteiger partial charge in [0.25, 0.3) is 0 Å². The molecule has 0 saturated carbocycles. The number of rotatable bonds is 8. The van der Waals surface area contributed by atoms with Crippen molar-refractivity contribution in [2.24, 2.45) is 0 Å². The fraction of sp³-hybridized carbons (Fsp3) is 0.500. The van der Waals surface area contributed by atoms with Crippen LogP contribution in [0.3, 0.4) is 0 Å². The van der Waals surface area contributed by atoms with Gasteiger partial charge in [-0.3, -0.25) is 0 Å². The van der Waals surface area contributed by atoms with Gasteiger partial charge in [0.05, 0.1) is 13.2 Å². The molecule has 0 radical (unpaired) electrons. The van der Waals surface area contributed by atoms with Gasteiger partial charge in [-0.1, -0.05) is 76.2 Å². The summed E-state index contributed by atoms with van der Waals surface area (Å²) in [6.07, 6.45) is 0.188. The quantitative estimate of drug-likeness (QED) is 0.576. The molecular formula is C24H30O3. The van der Waals surface area contributed by atoms with Crippen LogP contribution in [0.1, 0.15) is 74.0 Å². The first kappa shape index (κ1) is 18.7. The summed E-state index contributed by atoms with van der Waals surface area (Å²) in [5, 5.41) is 0. The van der Waals surface area contributed by atoms with Crippen LogP contribution in [0.5, 0.6) is 0 Å². The summed E-state index contributed by atoms with van der Waals surface area (Å²) >= 11 is 0. The standard InChI is InChI=1S/C24H30O3/c1-15(2)17-5-9-19(10-6-17)23(21-13-25-21)27-24(22-14-26-22)20-11-7-18(8-12-20)16(3)4/h5-12,15-16,21-24H,13-14H2,1-4H3. The molecule has 3 heteroatoms. The summed E-state index contributed by atoms with van der Waals surface area (Å²) in [6, 6.07) is 17.6. The van der Waals surface area contributed by atoms with Crippen molar-refractivity contribution < 1.29 is 14.2 Å². The Hall–Kier alpha value is -1.68. The van der Waals surface area contributed by atoms with Crippen molar-refractivity contribution in [3.63, 3.8) is 0 Å². The van der Waals surface area contributed by atoms with Crippen LogP contribution >= 0.6 is 0 Å². The molecular weight excluding hydrogens is 336 g/mol. The minimum Gasteiger partial charge on any atom is -0.370 e. The van der Waals surface area contributed by atoms with Crippen molar-refractivity contribution >= 4 is 0 Å². The third-order valence-electron chi connectivity index (χ3n) is 5.55. The summed E-state index contributed by atoms with van der Waals surface area (Å²) < 4.78 is 17.9. The Morgan fingerprint density at radius 1 is 0.630 bits per heavy atom. The topological polar surface area (TPSA) is 34.3 Å². The molecule has 144 valence electrons. The molecule has 3 nitrogen and oxygen atoms in total. The molecule has 4 unspecified atom stereocenters. The predicted octanol–water partition coefficient (Wildman–Crippen LogP) is 5.53. The lowest BCUT2D eigenvalue weighted by Crippen LogP contribution is -2.19. The van der Waals surface area contributed by atoms with Crippen molar-refractivity contribution in [2.45, 2.75) is 63.9 Å². The molecule has 2 aliphatic heterocycles. The lowest BCUT2D eigenvalue weighted by Gasteiger charge is -2.24. The van der Waals surface area contributed by atoms with E-state index in [9.17, 15) is 0 Å². The van der Waals surface area contributed by atoms with Gasteiger partial charge in [0.1, 0.15) is 24.4 Å². The highest BCUT2D eigenvalue weighted by Gasteiger charge is 2.42. The second kappa shape index (κ2) is 7.75. The maximum Gasteiger partial charge on any atom is 0.112 e. The average Bonchev–Trinajstić information content (AvgIpc) is 3.55. The van der Waals surface area contributed by atoms with Crippen LogP contribution in [0.2, 0.25) is 0 Å². The summed E-state index contributed by atoms with van der Waals surface area (Å²) in [7, 11) is 0. The Balaban J connectivity index is 1.55. The van der Waals surface area contributed by atoms with E-state index in [1.54, 1.807) is 0 Å². The monoisotopic (exact) mass is 366 g/mol. The van der Waals surface area contributed by atoms with Gasteiger partial charge in [-0.15, -0.1) is 0 Å². The molecule has 2 aromatic rings. The number of hydrogen-bond acceptors (Lipinski definition) is 3. The average molecular weight is 367 g/mol. The summed E-state index contributed by atoms with van der Waals surface area (Å²) in [5.41, 5.74) is 5.07. The molecule has 2 saturated heterocycles. The van der Waals surface area contributed by atoms with Gasteiger partial charge in [0.15, 0.2) is 0 Å². The van der Waals surface area contributed by atoms with E-state index in [1.807, 2.05) is 0 Å². The number of epoxide rings is 2. The lowest BCUT2D eigenvalue weighted by molar-refractivity contribution is -0.0419. The Kier molecular flexibility index (Phi) is 5.36. The minimum absolute atomic E-state index is 0.0508. The normalized spacial score (nSPS) is 23.5. The third kappa shape index (κ3) is 4.43. The van der Waals surface area contributed by atoms with E-state index in [0.29, 0.717) is 11.8 Å². The maximum atomic E-state index is 6.62. The number of ether oxygens (including phenoxy) is 3. The molecule has 4 rings (SSSR count). The lowest BCUT2D eigenvalue weighted by atomic mass is 9.97. The molecule has 2 aliphatic rings. The van der Waals surface area contributed by atoms with Gasteiger partial charge < -0.3 is 14.2 Å². The zero-order chi connectivity index (χ0) is 19.0. The van der Waals surface area contributed by atoms with E-state index in [4.69, 9.17) is 14.2 Å². The van der Waals surface area contributed by atoms with Crippen LogP contribution in [-0.2, 0) is 14.2 Å². The Bertz CT molecular complexity index is 675. The summed E-state index contributed by atoms with van der Waals surface area (Å²) in [5.74, 6) is 1.06. The molecule has 0 aliphatic carbocycles. The first-order valence-corrected chi connectivity index (χ1v) is 10.1. The molecule has 0 spiro atoms. The predicted molar refractivity (Wildman–Crippen MR) is 107 cm³/mol. The van der Waals surface area contributed by atoms with Gasteiger partial charge in [0.2, 0.25) is 0 Å². The minimum atomic E-state index is -0.0508. The van der Waals surface area contributed by atoms with Crippen LogP contribution in [0, 0.1) is 0 Å². The molecule has 0 bridgehead atoms. The van der Waals surface area contributed by atoms with Crippen LogP contribution in [-0.4, -0.2) is 25.4 Å². The molecule has 4 atom stereocenters. The molecule has 2 heterocycles. The first-order chi connectivity index (χ1) is 13.0. The van der Waals surface area contributed by atoms with Crippen molar-refractivity contribution in [3.8, 4) is 0 Å². The highest BCUT2D eigenvalue weighted by Crippen LogP contribution is 2.40. The second-order valence-corrected chi connectivity index (χ2v) is 8.36. The van der Waals surface area contributed by atoms with E-state index in [2.05, 4.69) is 76.2 Å². The van der Waals surface area contributed by atoms with Gasteiger partial charge in [0, 0.05) is 0 Å². The zero-order valence-electron chi connectivity index (χ0n) is 16.7. The Morgan fingerprint density at radius 2 is 0.926 bits per heavy atom. The van der Waals surface area contributed by atoms with Crippen molar-refractivity contribution in [2.75, 3.05) is 13.2 Å². The smallest absolute Gasteiger partial charge is 0.112 e. The van der Waals surface area contributed by atoms with E-state index in [0.717, 1.165) is 13.2 Å². The van der Waals surface area contributed by atoms with Crippen LogP contribution in [0.15, 0.2) is 48.5 Å². The molecule has 27 heavy (non-hydrogen) atoms. The zero-order valence-corrected chi connectivity index (χ0v) is 16.7. The Morgan fingerprint density at radius 3 is 1.19 bits per heavy atom. The number of hydrogen-bond donors (Lipinski definition) is 0. The van der Waals surface area contributed by atoms with Crippen LogP contribution < -0.4 is 0 Å². The molecule has 2 aromatic carbocycles. The van der Waals surface area contributed by atoms with E-state index in [-0.39, 0.29) is 24.4 Å². The summed E-state index contributed by atoms with van der Waals surface area (Å²) in [4.78, 5) is 0. The molecule has 0 N–H and O–H groups in total. The molecule has 0 amide bonds. The van der Waals surface area contributed by atoms with Crippen LogP contribution in [0.4, 0.5) is 0 Å². The van der Waals surface area contributed by atoms with Gasteiger partial charge in [-0.2, -0.15) is 0 Å². The van der Waals surface area contributed by atoms with Crippen molar-refractivity contribution in [1.29, 1.82) is 0 Å². The fourth-order valence-corrected chi connectivity index (χ4v) is 3.52. The molecule has 2 fully saturated rings. The van der Waals surface area contributed by atoms with E-state index in [1.165, 1.54) is 22.3 Å². The van der Waals surface area contributed by atoms with Gasteiger partial charge >= 0.3 is 0 Å². The molecule has 0 aromatic heterocycles. The largest absolute Gasteiger partial charge is 0.370 e. The van der Waals surface area contributed by atoms with E-state index >= 15 is 0 Å². The highest BCUT2D eigenvalue weighted by atomic mass is 16.6. The van der Waals surface area contributed by atoms with Crippen LogP contribution in [0.25, 0.3) is 0 Å². The fourth-order valence-electron chi connectivity index (χ4n) is 3.52. The number of benzene rings is 2. The summed E-state index contributed by atoms with van der Waals surface area (Å²) in [6.45, 7) is 10.4. The van der Waals surface area contributed by atoms with Crippen molar-refractivity contribution in [3.05, 3.63) is 70.8 Å². The SMILES string of the molecule is CC(C)c1ccc(C(OC(c2ccc(C(C)C)cc2)C2CO2)C2CO2)cc1. The second-order valence-electron chi connectivity index (χ2n) is 8.36.